The predicted octanol–water partition coefficient (Wildman–Crippen LogP) is 3.12. The highest BCUT2D eigenvalue weighted by atomic mass is 35.5. The fourth-order valence-electron chi connectivity index (χ4n) is 1.64. The largest absolute Gasteiger partial charge is 0.322 e. The summed E-state index contributed by atoms with van der Waals surface area (Å²) in [5, 5.41) is 0.121. The summed E-state index contributed by atoms with van der Waals surface area (Å²) in [6.45, 7) is 0. The molecule has 88 valence electrons. The van der Waals surface area contributed by atoms with E-state index in [-0.39, 0.29) is 11.1 Å². The van der Waals surface area contributed by atoms with Crippen LogP contribution in [-0.2, 0) is 6.42 Å². The van der Waals surface area contributed by atoms with Crippen LogP contribution in [-0.4, -0.2) is 4.98 Å². The van der Waals surface area contributed by atoms with Gasteiger partial charge in [0.15, 0.2) is 0 Å². The number of benzene rings is 1. The Bertz CT molecular complexity index is 502. The second-order valence-electron chi connectivity index (χ2n) is 3.78. The van der Waals surface area contributed by atoms with Crippen molar-refractivity contribution in [2.75, 3.05) is 0 Å². The number of hydrogen-bond acceptors (Lipinski definition) is 2. The molecule has 0 spiro atoms. The monoisotopic (exact) mass is 250 g/mol. The Morgan fingerprint density at radius 2 is 2.06 bits per heavy atom. The maximum atomic E-state index is 13.7. The molecule has 2 N–H and O–H groups in total. The Balaban J connectivity index is 2.19. The van der Waals surface area contributed by atoms with Crippen LogP contribution in [0, 0.1) is 5.82 Å². The molecule has 1 unspecified atom stereocenters. The number of pyridine rings is 1. The van der Waals surface area contributed by atoms with Crippen LogP contribution < -0.4 is 5.73 Å². The van der Waals surface area contributed by atoms with E-state index in [1.54, 1.807) is 18.3 Å². The van der Waals surface area contributed by atoms with Gasteiger partial charge in [0.2, 0.25) is 0 Å². The van der Waals surface area contributed by atoms with Crippen molar-refractivity contribution in [3.63, 3.8) is 0 Å². The zero-order chi connectivity index (χ0) is 12.3. The van der Waals surface area contributed by atoms with E-state index in [1.807, 2.05) is 18.2 Å². The highest BCUT2D eigenvalue weighted by Crippen LogP contribution is 2.21. The molecule has 0 aliphatic heterocycles. The highest BCUT2D eigenvalue weighted by molar-refractivity contribution is 6.30. The first-order valence-corrected chi connectivity index (χ1v) is 5.65. The zero-order valence-corrected chi connectivity index (χ0v) is 9.86. The second kappa shape index (κ2) is 5.25. The van der Waals surface area contributed by atoms with Crippen molar-refractivity contribution in [1.82, 2.24) is 4.98 Å². The minimum absolute atomic E-state index is 0.121. The first-order valence-electron chi connectivity index (χ1n) is 5.28. The van der Waals surface area contributed by atoms with Gasteiger partial charge < -0.3 is 5.73 Å². The average molecular weight is 251 g/mol. The molecule has 2 aromatic rings. The Labute approximate surface area is 104 Å². The molecule has 1 heterocycles. The quantitative estimate of drug-likeness (QED) is 0.909. The first kappa shape index (κ1) is 12.0. The van der Waals surface area contributed by atoms with Crippen molar-refractivity contribution >= 4 is 11.6 Å². The van der Waals surface area contributed by atoms with E-state index in [4.69, 9.17) is 17.3 Å². The minimum Gasteiger partial charge on any atom is -0.322 e. The summed E-state index contributed by atoms with van der Waals surface area (Å²) in [5.74, 6) is -0.402. The Morgan fingerprint density at radius 3 is 2.76 bits per heavy atom. The van der Waals surface area contributed by atoms with Crippen LogP contribution in [0.15, 0.2) is 42.6 Å². The molecule has 0 aliphatic carbocycles. The molecule has 0 saturated heterocycles. The van der Waals surface area contributed by atoms with Crippen molar-refractivity contribution in [3.05, 3.63) is 64.7 Å². The Morgan fingerprint density at radius 1 is 1.24 bits per heavy atom. The molecule has 0 saturated carbocycles. The van der Waals surface area contributed by atoms with E-state index in [2.05, 4.69) is 4.98 Å². The van der Waals surface area contributed by atoms with Gasteiger partial charge in [-0.25, -0.2) is 4.39 Å². The maximum Gasteiger partial charge on any atom is 0.145 e. The third-order valence-corrected chi connectivity index (χ3v) is 2.83. The van der Waals surface area contributed by atoms with Gasteiger partial charge in [0.05, 0.1) is 16.8 Å². The third-order valence-electron chi connectivity index (χ3n) is 2.54. The molecule has 0 amide bonds. The molecule has 0 fully saturated rings. The SMILES string of the molecule is NC(Cc1cccc(Cl)c1F)c1ccccn1. The highest BCUT2D eigenvalue weighted by Gasteiger charge is 2.12. The number of nitrogens with zero attached hydrogens (tertiary/aromatic N) is 1. The van der Waals surface area contributed by atoms with Crippen LogP contribution in [0.25, 0.3) is 0 Å². The van der Waals surface area contributed by atoms with Gasteiger partial charge in [-0.2, -0.15) is 0 Å². The molecule has 0 radical (unpaired) electrons. The summed E-state index contributed by atoms with van der Waals surface area (Å²) in [4.78, 5) is 4.15. The van der Waals surface area contributed by atoms with E-state index in [0.717, 1.165) is 5.69 Å². The lowest BCUT2D eigenvalue weighted by Gasteiger charge is -2.11. The van der Waals surface area contributed by atoms with Gasteiger partial charge in [-0.05, 0) is 30.2 Å². The molecule has 17 heavy (non-hydrogen) atoms. The third kappa shape index (κ3) is 2.81. The summed E-state index contributed by atoms with van der Waals surface area (Å²) in [6, 6.07) is 10.1. The lowest BCUT2D eigenvalue weighted by molar-refractivity contribution is 0.590. The molecule has 4 heteroatoms. The van der Waals surface area contributed by atoms with E-state index in [0.29, 0.717) is 12.0 Å². The van der Waals surface area contributed by atoms with Crippen molar-refractivity contribution in [2.24, 2.45) is 5.73 Å². The average Bonchev–Trinajstić information content (AvgIpc) is 2.36. The Kier molecular flexibility index (Phi) is 3.71. The molecule has 2 nitrogen and oxygen atoms in total. The summed E-state index contributed by atoms with van der Waals surface area (Å²) >= 11 is 5.71. The van der Waals surface area contributed by atoms with Crippen LogP contribution in [0.4, 0.5) is 4.39 Å². The van der Waals surface area contributed by atoms with E-state index < -0.39 is 5.82 Å². The summed E-state index contributed by atoms with van der Waals surface area (Å²) in [5.41, 5.74) is 7.23. The zero-order valence-electron chi connectivity index (χ0n) is 9.11. The molecule has 1 atom stereocenters. The van der Waals surface area contributed by atoms with E-state index in [1.165, 1.54) is 6.07 Å². The molecule has 1 aromatic heterocycles. The number of hydrogen-bond donors (Lipinski definition) is 1. The lowest BCUT2D eigenvalue weighted by Crippen LogP contribution is -2.15. The van der Waals surface area contributed by atoms with E-state index in [9.17, 15) is 4.39 Å². The number of aromatic nitrogens is 1. The van der Waals surface area contributed by atoms with Gasteiger partial charge in [-0.1, -0.05) is 29.8 Å². The number of nitrogens with two attached hydrogens (primary N) is 1. The molecule has 2 rings (SSSR count). The van der Waals surface area contributed by atoms with E-state index >= 15 is 0 Å². The number of halogens is 2. The topological polar surface area (TPSA) is 38.9 Å². The van der Waals surface area contributed by atoms with Crippen molar-refractivity contribution in [3.8, 4) is 0 Å². The standard InChI is InChI=1S/C13H12ClFN2/c14-10-5-3-4-9(13(10)15)8-11(16)12-6-1-2-7-17-12/h1-7,11H,8,16H2. The van der Waals surface area contributed by atoms with Crippen LogP contribution in [0.3, 0.4) is 0 Å². The fourth-order valence-corrected chi connectivity index (χ4v) is 1.84. The summed E-state index contributed by atoms with van der Waals surface area (Å²) in [6.07, 6.45) is 2.05. The maximum absolute atomic E-state index is 13.7. The van der Waals surface area contributed by atoms with Gasteiger partial charge in [0.1, 0.15) is 5.82 Å². The first-order chi connectivity index (χ1) is 8.18. The second-order valence-corrected chi connectivity index (χ2v) is 4.19. The smallest absolute Gasteiger partial charge is 0.145 e. The van der Waals surface area contributed by atoms with Crippen LogP contribution in [0.2, 0.25) is 5.02 Å². The molecule has 1 aromatic carbocycles. The molecule has 0 aliphatic rings. The normalized spacial score (nSPS) is 12.4. The minimum atomic E-state index is -0.402. The van der Waals surface area contributed by atoms with Gasteiger partial charge in [0.25, 0.3) is 0 Å². The number of rotatable bonds is 3. The Hall–Kier alpha value is -1.45. The van der Waals surface area contributed by atoms with Crippen molar-refractivity contribution in [1.29, 1.82) is 0 Å². The molecular formula is C13H12ClFN2. The molecular weight excluding hydrogens is 239 g/mol. The molecule has 0 bridgehead atoms. The van der Waals surface area contributed by atoms with Gasteiger partial charge in [0, 0.05) is 6.20 Å². The van der Waals surface area contributed by atoms with Crippen molar-refractivity contribution in [2.45, 2.75) is 12.5 Å². The lowest BCUT2D eigenvalue weighted by atomic mass is 10.0. The van der Waals surface area contributed by atoms with Gasteiger partial charge in [-0.15, -0.1) is 0 Å². The van der Waals surface area contributed by atoms with Crippen LogP contribution >= 0.6 is 11.6 Å². The van der Waals surface area contributed by atoms with Gasteiger partial charge >= 0.3 is 0 Å². The fraction of sp³-hybridized carbons (Fsp3) is 0.154. The summed E-state index contributed by atoms with van der Waals surface area (Å²) in [7, 11) is 0. The van der Waals surface area contributed by atoms with Crippen LogP contribution in [0.5, 0.6) is 0 Å². The van der Waals surface area contributed by atoms with Gasteiger partial charge in [-0.3, -0.25) is 4.98 Å². The summed E-state index contributed by atoms with van der Waals surface area (Å²) < 4.78 is 13.7. The van der Waals surface area contributed by atoms with Crippen molar-refractivity contribution < 1.29 is 4.39 Å². The predicted molar refractivity (Wildman–Crippen MR) is 66.3 cm³/mol. The van der Waals surface area contributed by atoms with Crippen LogP contribution in [0.1, 0.15) is 17.3 Å².